The predicted molar refractivity (Wildman–Crippen MR) is 134 cm³/mol. The van der Waals surface area contributed by atoms with Gasteiger partial charge in [-0.25, -0.2) is 5.43 Å². The first kappa shape index (κ1) is 21.7. The molecule has 160 valence electrons. The number of nitrogens with one attached hydrogen (secondary N) is 3. The molecule has 0 aliphatic heterocycles. The third-order valence-corrected chi connectivity index (χ3v) is 5.18. The van der Waals surface area contributed by atoms with Gasteiger partial charge in [0.1, 0.15) is 5.75 Å². The highest BCUT2D eigenvalue weighted by Crippen LogP contribution is 2.30. The first-order chi connectivity index (χ1) is 15.6. The summed E-state index contributed by atoms with van der Waals surface area (Å²) in [6.07, 6.45) is 1.48. The number of phenols is 1. The number of anilines is 5. The lowest BCUT2D eigenvalue weighted by molar-refractivity contribution is 0.471. The van der Waals surface area contributed by atoms with Gasteiger partial charge in [0.15, 0.2) is 0 Å². The molecule has 8 nitrogen and oxygen atoms in total. The average molecular weight is 555 g/mol. The van der Waals surface area contributed by atoms with Crippen molar-refractivity contribution in [2.45, 2.75) is 0 Å². The van der Waals surface area contributed by atoms with E-state index in [1.807, 2.05) is 60.7 Å². The van der Waals surface area contributed by atoms with Crippen molar-refractivity contribution in [1.29, 1.82) is 0 Å². The normalized spacial score (nSPS) is 10.8. The molecule has 4 rings (SSSR count). The highest BCUT2D eigenvalue weighted by molar-refractivity contribution is 9.11. The average Bonchev–Trinajstić information content (AvgIpc) is 2.78. The van der Waals surface area contributed by atoms with Crippen LogP contribution in [0.5, 0.6) is 5.75 Å². The SMILES string of the molecule is Oc1c(Br)cc(Br)cc1/C=N\Nc1nc(Nc2ccccc2)nc(Nc2ccccc2)n1. The summed E-state index contributed by atoms with van der Waals surface area (Å²) in [4.78, 5) is 13.2. The van der Waals surface area contributed by atoms with Crippen molar-refractivity contribution in [2.24, 2.45) is 5.10 Å². The number of benzene rings is 3. The summed E-state index contributed by atoms with van der Waals surface area (Å²) in [7, 11) is 0. The minimum Gasteiger partial charge on any atom is -0.506 e. The Morgan fingerprint density at radius 1 is 0.750 bits per heavy atom. The zero-order valence-corrected chi connectivity index (χ0v) is 19.7. The Hall–Kier alpha value is -3.50. The van der Waals surface area contributed by atoms with Gasteiger partial charge in [0.2, 0.25) is 17.8 Å². The highest BCUT2D eigenvalue weighted by atomic mass is 79.9. The largest absolute Gasteiger partial charge is 0.506 e. The zero-order chi connectivity index (χ0) is 22.3. The fraction of sp³-hybridized carbons (Fsp3) is 0. The van der Waals surface area contributed by atoms with Gasteiger partial charge in [-0.1, -0.05) is 52.3 Å². The summed E-state index contributed by atoms with van der Waals surface area (Å²) < 4.78 is 1.35. The topological polar surface area (TPSA) is 107 Å². The fourth-order valence-electron chi connectivity index (χ4n) is 2.68. The molecule has 4 N–H and O–H groups in total. The second kappa shape index (κ2) is 10.2. The first-order valence-electron chi connectivity index (χ1n) is 9.44. The van der Waals surface area contributed by atoms with Crippen molar-refractivity contribution < 1.29 is 5.11 Å². The number of phenolic OH excluding ortho intramolecular Hbond substituents is 1. The minimum absolute atomic E-state index is 0.0762. The van der Waals surface area contributed by atoms with Gasteiger partial charge < -0.3 is 15.7 Å². The van der Waals surface area contributed by atoms with Crippen LogP contribution in [0.3, 0.4) is 0 Å². The van der Waals surface area contributed by atoms with Crippen LogP contribution >= 0.6 is 31.9 Å². The van der Waals surface area contributed by atoms with E-state index in [0.29, 0.717) is 21.9 Å². The monoisotopic (exact) mass is 553 g/mol. The number of rotatable bonds is 7. The van der Waals surface area contributed by atoms with Crippen LogP contribution in [0, 0.1) is 0 Å². The Balaban J connectivity index is 1.59. The molecule has 0 radical (unpaired) electrons. The van der Waals surface area contributed by atoms with E-state index >= 15 is 0 Å². The Bertz CT molecular complexity index is 1180. The molecule has 1 heterocycles. The molecular formula is C22H17Br2N7O. The molecular weight excluding hydrogens is 538 g/mol. The van der Waals surface area contributed by atoms with Gasteiger partial charge in [-0.3, -0.25) is 0 Å². The summed E-state index contributed by atoms with van der Waals surface area (Å²) in [5.41, 5.74) is 4.98. The van der Waals surface area contributed by atoms with E-state index in [2.05, 4.69) is 68.0 Å². The maximum Gasteiger partial charge on any atom is 0.250 e. The molecule has 0 amide bonds. The molecule has 0 fully saturated rings. The lowest BCUT2D eigenvalue weighted by Gasteiger charge is -2.10. The Morgan fingerprint density at radius 3 is 1.84 bits per heavy atom. The number of aromatic nitrogens is 3. The summed E-state index contributed by atoms with van der Waals surface area (Å²) in [5, 5.41) is 20.7. The molecule has 10 heteroatoms. The van der Waals surface area contributed by atoms with Gasteiger partial charge in [0.05, 0.1) is 10.7 Å². The molecule has 0 spiro atoms. The van der Waals surface area contributed by atoms with Crippen LogP contribution < -0.4 is 16.1 Å². The van der Waals surface area contributed by atoms with Crippen LogP contribution in [0.1, 0.15) is 5.56 Å². The molecule has 0 bridgehead atoms. The molecule has 0 aliphatic carbocycles. The number of hydrazone groups is 1. The third kappa shape index (κ3) is 5.80. The number of aromatic hydroxyl groups is 1. The molecule has 0 unspecified atom stereocenters. The fourth-order valence-corrected chi connectivity index (χ4v) is 3.94. The van der Waals surface area contributed by atoms with Crippen molar-refractivity contribution in [3.05, 3.63) is 87.3 Å². The summed E-state index contributed by atoms with van der Waals surface area (Å²) in [5.74, 6) is 0.986. The molecule has 1 aromatic heterocycles. The molecule has 4 aromatic rings. The maximum absolute atomic E-state index is 10.2. The van der Waals surface area contributed by atoms with Crippen LogP contribution in [0.15, 0.2) is 86.8 Å². The molecule has 0 saturated heterocycles. The van der Waals surface area contributed by atoms with Crippen molar-refractivity contribution in [3.8, 4) is 5.75 Å². The number of hydrogen-bond acceptors (Lipinski definition) is 8. The maximum atomic E-state index is 10.2. The van der Waals surface area contributed by atoms with E-state index in [9.17, 15) is 5.11 Å². The van der Waals surface area contributed by atoms with E-state index in [1.165, 1.54) is 6.21 Å². The van der Waals surface area contributed by atoms with Gasteiger partial charge in [-0.05, 0) is 52.3 Å². The smallest absolute Gasteiger partial charge is 0.250 e. The van der Waals surface area contributed by atoms with Crippen molar-refractivity contribution >= 4 is 67.3 Å². The van der Waals surface area contributed by atoms with E-state index in [1.54, 1.807) is 12.1 Å². The quantitative estimate of drug-likeness (QED) is 0.163. The number of hydrogen-bond donors (Lipinski definition) is 4. The van der Waals surface area contributed by atoms with Crippen molar-refractivity contribution in [2.75, 3.05) is 16.1 Å². The Morgan fingerprint density at radius 2 is 1.28 bits per heavy atom. The van der Waals surface area contributed by atoms with Gasteiger partial charge in [-0.2, -0.15) is 20.1 Å². The van der Waals surface area contributed by atoms with Gasteiger partial charge in [0, 0.05) is 21.4 Å². The summed E-state index contributed by atoms with van der Waals surface area (Å²) in [6.45, 7) is 0. The molecule has 0 atom stereocenters. The Kier molecular flexibility index (Phi) is 6.93. The van der Waals surface area contributed by atoms with E-state index < -0.39 is 0 Å². The van der Waals surface area contributed by atoms with Gasteiger partial charge in [0.25, 0.3) is 0 Å². The zero-order valence-electron chi connectivity index (χ0n) is 16.5. The molecule has 32 heavy (non-hydrogen) atoms. The van der Waals surface area contributed by atoms with Crippen molar-refractivity contribution in [3.63, 3.8) is 0 Å². The Labute approximate surface area is 201 Å². The van der Waals surface area contributed by atoms with Crippen LogP contribution in [0.25, 0.3) is 0 Å². The molecule has 0 saturated carbocycles. The first-order valence-corrected chi connectivity index (χ1v) is 11.0. The second-order valence-corrected chi connectivity index (χ2v) is 8.25. The minimum atomic E-state index is 0.0762. The van der Waals surface area contributed by atoms with Crippen LogP contribution in [0.2, 0.25) is 0 Å². The van der Waals surface area contributed by atoms with E-state index in [0.717, 1.165) is 15.8 Å². The lowest BCUT2D eigenvalue weighted by Crippen LogP contribution is -2.07. The van der Waals surface area contributed by atoms with Crippen LogP contribution in [-0.4, -0.2) is 26.3 Å². The predicted octanol–water partition coefficient (Wildman–Crippen LogP) is 6.04. The van der Waals surface area contributed by atoms with Crippen LogP contribution in [-0.2, 0) is 0 Å². The number of nitrogens with zero attached hydrogens (tertiary/aromatic N) is 4. The summed E-state index contributed by atoms with van der Waals surface area (Å²) >= 11 is 6.70. The standard InChI is InChI=1S/C22H17Br2N7O/c23-15-11-14(19(32)18(24)12-15)13-25-31-22-29-20(26-16-7-3-1-4-8-16)28-21(30-22)27-17-9-5-2-6-10-17/h1-13,32H,(H3,26,27,28,29,30,31)/b25-13-. The van der Waals surface area contributed by atoms with Gasteiger partial charge in [-0.15, -0.1) is 0 Å². The highest BCUT2D eigenvalue weighted by Gasteiger charge is 2.08. The van der Waals surface area contributed by atoms with Crippen molar-refractivity contribution in [1.82, 2.24) is 15.0 Å². The van der Waals surface area contributed by atoms with E-state index in [-0.39, 0.29) is 11.7 Å². The number of halogens is 2. The number of para-hydroxylation sites is 2. The van der Waals surface area contributed by atoms with E-state index in [4.69, 9.17) is 0 Å². The molecule has 0 aliphatic rings. The lowest BCUT2D eigenvalue weighted by atomic mass is 10.2. The second-order valence-electron chi connectivity index (χ2n) is 6.48. The summed E-state index contributed by atoms with van der Waals surface area (Å²) in [6, 6.07) is 22.6. The third-order valence-electron chi connectivity index (χ3n) is 4.12. The van der Waals surface area contributed by atoms with Gasteiger partial charge >= 0.3 is 0 Å². The molecule has 3 aromatic carbocycles. The van der Waals surface area contributed by atoms with Crippen LogP contribution in [0.4, 0.5) is 29.2 Å².